The van der Waals surface area contributed by atoms with Crippen LogP contribution >= 0.6 is 0 Å². The van der Waals surface area contributed by atoms with E-state index in [1.807, 2.05) is 40.7 Å². The van der Waals surface area contributed by atoms with Crippen LogP contribution in [0.1, 0.15) is 69.8 Å². The number of rotatable bonds is 6. The highest BCUT2D eigenvalue weighted by molar-refractivity contribution is 6.03. The molecule has 0 saturated heterocycles. The lowest BCUT2D eigenvalue weighted by molar-refractivity contribution is -0.133. The number of fused-ring (bicyclic) bond motifs is 3. The third kappa shape index (κ3) is 4.04. The quantitative estimate of drug-likeness (QED) is 0.748. The van der Waals surface area contributed by atoms with E-state index in [9.17, 15) is 9.59 Å². The average Bonchev–Trinajstić information content (AvgIpc) is 3.11. The van der Waals surface area contributed by atoms with Crippen LogP contribution in [-0.4, -0.2) is 46.5 Å². The second kappa shape index (κ2) is 8.56. The summed E-state index contributed by atoms with van der Waals surface area (Å²) in [5.74, 6) is 1.10. The maximum absolute atomic E-state index is 13.7. The molecule has 31 heavy (non-hydrogen) atoms. The lowest BCUT2D eigenvalue weighted by Gasteiger charge is -2.45. The molecule has 1 aromatic heterocycles. The number of hydrogen-bond donors (Lipinski definition) is 1. The molecule has 6 heteroatoms. The summed E-state index contributed by atoms with van der Waals surface area (Å²) in [4.78, 5) is 29.1. The molecule has 2 heterocycles. The van der Waals surface area contributed by atoms with Gasteiger partial charge in [0, 0.05) is 24.0 Å². The van der Waals surface area contributed by atoms with E-state index >= 15 is 0 Å². The first-order valence-corrected chi connectivity index (χ1v) is 11.6. The van der Waals surface area contributed by atoms with Crippen molar-refractivity contribution in [1.29, 1.82) is 0 Å². The van der Waals surface area contributed by atoms with Crippen molar-refractivity contribution in [2.24, 2.45) is 5.92 Å². The van der Waals surface area contributed by atoms with Crippen molar-refractivity contribution in [3.8, 4) is 5.75 Å². The van der Waals surface area contributed by atoms with E-state index in [1.165, 1.54) is 6.42 Å². The third-order valence-corrected chi connectivity index (χ3v) is 7.00. The molecule has 2 amide bonds. The minimum Gasteiger partial charge on any atom is -0.497 e. The number of nitrogens with zero attached hydrogens (tertiary/aromatic N) is 2. The lowest BCUT2D eigenvalue weighted by atomic mass is 9.91. The number of carbonyl (C=O) groups is 2. The Morgan fingerprint density at radius 3 is 2.65 bits per heavy atom. The second-order valence-electron chi connectivity index (χ2n) is 9.76. The molecule has 2 aromatic rings. The Kier molecular flexibility index (Phi) is 6.00. The largest absolute Gasteiger partial charge is 0.497 e. The van der Waals surface area contributed by atoms with Crippen molar-refractivity contribution in [2.75, 3.05) is 13.7 Å². The summed E-state index contributed by atoms with van der Waals surface area (Å²) in [6.07, 6.45) is 6.47. The zero-order valence-electron chi connectivity index (χ0n) is 19.2. The van der Waals surface area contributed by atoms with Crippen LogP contribution in [0.2, 0.25) is 0 Å². The Bertz CT molecular complexity index is 974. The Morgan fingerprint density at radius 2 is 1.97 bits per heavy atom. The molecule has 0 radical (unpaired) electrons. The van der Waals surface area contributed by atoms with Gasteiger partial charge in [-0.1, -0.05) is 33.1 Å². The number of carbonyl (C=O) groups excluding carboxylic acids is 2. The molecule has 1 fully saturated rings. The molecule has 1 atom stereocenters. The van der Waals surface area contributed by atoms with Crippen LogP contribution in [-0.2, 0) is 11.3 Å². The summed E-state index contributed by atoms with van der Waals surface area (Å²) in [5.41, 5.74) is 0.656. The van der Waals surface area contributed by atoms with Gasteiger partial charge in [-0.25, -0.2) is 0 Å². The predicted octanol–water partition coefficient (Wildman–Crippen LogP) is 4.36. The number of nitrogens with one attached hydrogen (secondary N) is 1. The van der Waals surface area contributed by atoms with Crippen LogP contribution in [0.25, 0.3) is 10.9 Å². The van der Waals surface area contributed by atoms with E-state index in [2.05, 4.69) is 19.2 Å². The summed E-state index contributed by atoms with van der Waals surface area (Å²) < 4.78 is 7.41. The molecule has 1 N–H and O–H groups in total. The fourth-order valence-corrected chi connectivity index (χ4v) is 4.98. The molecule has 0 spiro atoms. The van der Waals surface area contributed by atoms with Gasteiger partial charge >= 0.3 is 0 Å². The first-order chi connectivity index (χ1) is 14.8. The van der Waals surface area contributed by atoms with Crippen molar-refractivity contribution < 1.29 is 14.3 Å². The van der Waals surface area contributed by atoms with E-state index in [0.29, 0.717) is 24.7 Å². The summed E-state index contributed by atoms with van der Waals surface area (Å²) >= 11 is 0. The number of benzene rings is 1. The van der Waals surface area contributed by atoms with Gasteiger partial charge in [0.1, 0.15) is 17.0 Å². The van der Waals surface area contributed by atoms with Crippen LogP contribution in [0.4, 0.5) is 0 Å². The SMILES string of the molecule is COc1ccc2cc3n(c2c1)CC(C)(C(=O)NC1CCCCC1)N(CCC(C)C)C3=O. The maximum Gasteiger partial charge on any atom is 0.271 e. The van der Waals surface area contributed by atoms with Crippen LogP contribution in [0, 0.1) is 5.92 Å². The third-order valence-electron chi connectivity index (χ3n) is 7.00. The van der Waals surface area contributed by atoms with Crippen molar-refractivity contribution in [3.05, 3.63) is 30.0 Å². The Morgan fingerprint density at radius 1 is 1.23 bits per heavy atom. The van der Waals surface area contributed by atoms with Gasteiger partial charge in [-0.2, -0.15) is 0 Å². The molecular formula is C25H35N3O3. The predicted molar refractivity (Wildman–Crippen MR) is 122 cm³/mol. The van der Waals surface area contributed by atoms with Crippen LogP contribution < -0.4 is 10.1 Å². The summed E-state index contributed by atoms with van der Waals surface area (Å²) in [7, 11) is 1.64. The van der Waals surface area contributed by atoms with Gasteiger partial charge in [-0.15, -0.1) is 0 Å². The highest BCUT2D eigenvalue weighted by Crippen LogP contribution is 2.34. The van der Waals surface area contributed by atoms with Crippen LogP contribution in [0.15, 0.2) is 24.3 Å². The normalized spacial score (nSPS) is 22.1. The molecular weight excluding hydrogens is 390 g/mol. The van der Waals surface area contributed by atoms with Crippen molar-refractivity contribution >= 4 is 22.7 Å². The van der Waals surface area contributed by atoms with E-state index in [-0.39, 0.29) is 17.9 Å². The minimum atomic E-state index is -0.925. The summed E-state index contributed by atoms with van der Waals surface area (Å²) in [5, 5.41) is 4.28. The summed E-state index contributed by atoms with van der Waals surface area (Å²) in [6, 6.07) is 7.99. The number of aromatic nitrogens is 1. The molecule has 168 valence electrons. The zero-order chi connectivity index (χ0) is 22.2. The Labute approximate surface area is 184 Å². The molecule has 1 aromatic carbocycles. The molecule has 1 saturated carbocycles. The highest BCUT2D eigenvalue weighted by atomic mass is 16.5. The van der Waals surface area contributed by atoms with Gasteiger partial charge in [0.15, 0.2) is 0 Å². The maximum atomic E-state index is 13.7. The molecule has 1 aliphatic carbocycles. The van der Waals surface area contributed by atoms with E-state index in [0.717, 1.165) is 48.8 Å². The highest BCUT2D eigenvalue weighted by Gasteiger charge is 2.48. The first kappa shape index (κ1) is 21.7. The number of amides is 2. The van der Waals surface area contributed by atoms with E-state index < -0.39 is 5.54 Å². The molecule has 6 nitrogen and oxygen atoms in total. The van der Waals surface area contributed by atoms with Crippen LogP contribution in [0.3, 0.4) is 0 Å². The minimum absolute atomic E-state index is 0.0353. The zero-order valence-corrected chi connectivity index (χ0v) is 19.2. The lowest BCUT2D eigenvalue weighted by Crippen LogP contribution is -2.65. The van der Waals surface area contributed by atoms with Crippen molar-refractivity contribution in [1.82, 2.24) is 14.8 Å². The van der Waals surface area contributed by atoms with Crippen LogP contribution in [0.5, 0.6) is 5.75 Å². The number of methoxy groups -OCH3 is 1. The first-order valence-electron chi connectivity index (χ1n) is 11.6. The fraction of sp³-hybridized carbons (Fsp3) is 0.600. The number of ether oxygens (including phenoxy) is 1. The van der Waals surface area contributed by atoms with E-state index in [4.69, 9.17) is 4.74 Å². The van der Waals surface area contributed by atoms with Gasteiger partial charge in [0.25, 0.3) is 5.91 Å². The van der Waals surface area contributed by atoms with Gasteiger partial charge < -0.3 is 19.5 Å². The molecule has 0 bridgehead atoms. The number of hydrogen-bond acceptors (Lipinski definition) is 3. The molecule has 4 rings (SSSR count). The van der Waals surface area contributed by atoms with Crippen molar-refractivity contribution in [2.45, 2.75) is 77.4 Å². The molecule has 1 unspecified atom stereocenters. The van der Waals surface area contributed by atoms with Gasteiger partial charge in [-0.05, 0) is 50.3 Å². The fourth-order valence-electron chi connectivity index (χ4n) is 4.98. The van der Waals surface area contributed by atoms with Gasteiger partial charge in [0.05, 0.1) is 19.2 Å². The van der Waals surface area contributed by atoms with Gasteiger partial charge in [0.2, 0.25) is 5.91 Å². The molecule has 1 aliphatic heterocycles. The topological polar surface area (TPSA) is 63.6 Å². The Hall–Kier alpha value is -2.50. The van der Waals surface area contributed by atoms with E-state index in [1.54, 1.807) is 7.11 Å². The second-order valence-corrected chi connectivity index (χ2v) is 9.76. The van der Waals surface area contributed by atoms with Crippen molar-refractivity contribution in [3.63, 3.8) is 0 Å². The summed E-state index contributed by atoms with van der Waals surface area (Å²) in [6.45, 7) is 7.25. The molecule has 2 aliphatic rings. The Balaban J connectivity index is 1.72. The van der Waals surface area contributed by atoms with Gasteiger partial charge in [-0.3, -0.25) is 9.59 Å². The average molecular weight is 426 g/mol. The standard InChI is InChI=1S/C25H35N3O3/c1-17(2)12-13-28-23(29)22-14-18-10-11-20(31-4)15-21(18)27(22)16-25(28,3)24(30)26-19-8-6-5-7-9-19/h10-11,14-15,17,19H,5-9,12-13,16H2,1-4H3,(H,26,30). The smallest absolute Gasteiger partial charge is 0.271 e. The monoisotopic (exact) mass is 425 g/mol.